The summed E-state index contributed by atoms with van der Waals surface area (Å²) in [6.07, 6.45) is 1.45. The number of carbonyl (C=O) groups excluding carboxylic acids is 1. The fraction of sp³-hybridized carbons (Fsp3) is 0.292. The minimum atomic E-state index is -4.54. The average Bonchev–Trinajstić information content (AvgIpc) is 2.84. The van der Waals surface area contributed by atoms with Gasteiger partial charge in [-0.2, -0.15) is 13.2 Å². The minimum absolute atomic E-state index is 0.102. The fourth-order valence-corrected chi connectivity index (χ4v) is 3.96. The number of halogens is 3. The SMILES string of the molecule is COc1ccc(-c2cnc(N)nc2)cc1C(=O)Nc1cc(C(F)(F)F)ccc1N1CCCCC1. The second kappa shape index (κ2) is 9.58. The van der Waals surface area contributed by atoms with Gasteiger partial charge in [-0.05, 0) is 55.2 Å². The topological polar surface area (TPSA) is 93.4 Å². The van der Waals surface area contributed by atoms with E-state index in [4.69, 9.17) is 10.5 Å². The molecule has 1 saturated heterocycles. The van der Waals surface area contributed by atoms with Gasteiger partial charge in [0.25, 0.3) is 5.91 Å². The molecule has 0 spiro atoms. The highest BCUT2D eigenvalue weighted by Gasteiger charge is 2.32. The molecule has 3 aromatic rings. The molecule has 34 heavy (non-hydrogen) atoms. The van der Waals surface area contributed by atoms with Crippen molar-refractivity contribution >= 4 is 23.2 Å². The molecule has 1 aromatic heterocycles. The molecule has 0 bridgehead atoms. The van der Waals surface area contributed by atoms with E-state index in [-0.39, 0.29) is 22.9 Å². The Morgan fingerprint density at radius 3 is 2.38 bits per heavy atom. The molecule has 3 N–H and O–H groups in total. The predicted molar refractivity (Wildman–Crippen MR) is 124 cm³/mol. The molecule has 1 aliphatic heterocycles. The number of alkyl halides is 3. The molecule has 1 amide bonds. The second-order valence-electron chi connectivity index (χ2n) is 7.98. The molecule has 178 valence electrons. The number of piperidine rings is 1. The van der Waals surface area contributed by atoms with E-state index in [9.17, 15) is 18.0 Å². The lowest BCUT2D eigenvalue weighted by atomic mass is 10.0. The van der Waals surface area contributed by atoms with Gasteiger partial charge in [0, 0.05) is 31.0 Å². The number of nitrogen functional groups attached to an aromatic ring is 1. The Kier molecular flexibility index (Phi) is 6.58. The van der Waals surface area contributed by atoms with E-state index in [2.05, 4.69) is 15.3 Å². The zero-order chi connectivity index (χ0) is 24.3. The molecule has 4 rings (SSSR count). The smallest absolute Gasteiger partial charge is 0.416 e. The first-order chi connectivity index (χ1) is 16.3. The van der Waals surface area contributed by atoms with Crippen molar-refractivity contribution in [2.24, 2.45) is 0 Å². The molecule has 1 aliphatic rings. The van der Waals surface area contributed by atoms with Crippen LogP contribution in [0, 0.1) is 0 Å². The molecule has 0 aliphatic carbocycles. The predicted octanol–water partition coefficient (Wildman–Crippen LogP) is 5.00. The van der Waals surface area contributed by atoms with Gasteiger partial charge in [-0.3, -0.25) is 4.79 Å². The number of nitrogens with two attached hydrogens (primary N) is 1. The van der Waals surface area contributed by atoms with Gasteiger partial charge in [0.2, 0.25) is 5.95 Å². The number of carbonyl (C=O) groups is 1. The highest BCUT2D eigenvalue weighted by atomic mass is 19.4. The van der Waals surface area contributed by atoms with Crippen molar-refractivity contribution in [3.8, 4) is 16.9 Å². The average molecular weight is 471 g/mol. The van der Waals surface area contributed by atoms with Crippen molar-refractivity contribution in [3.05, 3.63) is 59.9 Å². The molecule has 0 radical (unpaired) electrons. The quantitative estimate of drug-likeness (QED) is 0.544. The van der Waals surface area contributed by atoms with E-state index in [0.29, 0.717) is 29.9 Å². The van der Waals surface area contributed by atoms with Crippen LogP contribution in [0.2, 0.25) is 0 Å². The van der Waals surface area contributed by atoms with E-state index < -0.39 is 17.6 Å². The van der Waals surface area contributed by atoms with Crippen molar-refractivity contribution in [3.63, 3.8) is 0 Å². The van der Waals surface area contributed by atoms with Crippen LogP contribution in [-0.4, -0.2) is 36.1 Å². The van der Waals surface area contributed by atoms with Crippen LogP contribution in [0.25, 0.3) is 11.1 Å². The van der Waals surface area contributed by atoms with Gasteiger partial charge in [-0.1, -0.05) is 6.07 Å². The Morgan fingerprint density at radius 2 is 1.74 bits per heavy atom. The first-order valence-electron chi connectivity index (χ1n) is 10.8. The van der Waals surface area contributed by atoms with Crippen LogP contribution in [0.4, 0.5) is 30.5 Å². The molecule has 1 fully saturated rings. The van der Waals surface area contributed by atoms with Gasteiger partial charge < -0.3 is 20.7 Å². The zero-order valence-electron chi connectivity index (χ0n) is 18.5. The van der Waals surface area contributed by atoms with Crippen LogP contribution < -0.4 is 20.7 Å². The Labute approximate surface area is 194 Å². The molecule has 0 saturated carbocycles. The summed E-state index contributed by atoms with van der Waals surface area (Å²) < 4.78 is 45.6. The standard InChI is InChI=1S/C24H24F3N5O2/c1-34-21-8-5-15(16-13-29-23(28)30-14-16)11-18(21)22(33)31-19-12-17(24(25,26)27)6-7-20(19)32-9-3-2-4-10-32/h5-8,11-14H,2-4,9-10H2,1H3,(H,31,33)(H2,28,29,30). The summed E-state index contributed by atoms with van der Waals surface area (Å²) in [7, 11) is 1.42. The lowest BCUT2D eigenvalue weighted by Crippen LogP contribution is -2.30. The lowest BCUT2D eigenvalue weighted by molar-refractivity contribution is -0.137. The summed E-state index contributed by atoms with van der Waals surface area (Å²) in [6.45, 7) is 1.42. The summed E-state index contributed by atoms with van der Waals surface area (Å²) in [5, 5.41) is 2.69. The Hall–Kier alpha value is -3.82. The lowest BCUT2D eigenvalue weighted by Gasteiger charge is -2.31. The van der Waals surface area contributed by atoms with Crippen LogP contribution in [0.15, 0.2) is 48.8 Å². The van der Waals surface area contributed by atoms with Crippen molar-refractivity contribution in [1.82, 2.24) is 9.97 Å². The maximum absolute atomic E-state index is 13.4. The fourth-order valence-electron chi connectivity index (χ4n) is 3.96. The molecule has 7 nitrogen and oxygen atoms in total. The third kappa shape index (κ3) is 5.05. The highest BCUT2D eigenvalue weighted by molar-refractivity contribution is 6.08. The van der Waals surface area contributed by atoms with Gasteiger partial charge in [0.05, 0.1) is 29.6 Å². The van der Waals surface area contributed by atoms with Gasteiger partial charge in [0.1, 0.15) is 5.75 Å². The van der Waals surface area contributed by atoms with Gasteiger partial charge in [-0.25, -0.2) is 9.97 Å². The summed E-state index contributed by atoms with van der Waals surface area (Å²) in [6, 6.07) is 8.36. The number of ether oxygens (including phenoxy) is 1. The molecule has 0 atom stereocenters. The second-order valence-corrected chi connectivity index (χ2v) is 7.98. The van der Waals surface area contributed by atoms with Crippen LogP contribution in [0.5, 0.6) is 5.75 Å². The van der Waals surface area contributed by atoms with Crippen LogP contribution >= 0.6 is 0 Å². The summed E-state index contributed by atoms with van der Waals surface area (Å²) in [5.74, 6) is -0.193. The number of hydrogen-bond acceptors (Lipinski definition) is 6. The zero-order valence-corrected chi connectivity index (χ0v) is 18.5. The van der Waals surface area contributed by atoms with E-state index in [1.165, 1.54) is 25.6 Å². The summed E-state index contributed by atoms with van der Waals surface area (Å²) in [4.78, 5) is 23.2. The number of rotatable bonds is 5. The van der Waals surface area contributed by atoms with Crippen molar-refractivity contribution in [1.29, 1.82) is 0 Å². The first kappa shape index (κ1) is 23.3. The molecule has 10 heteroatoms. The minimum Gasteiger partial charge on any atom is -0.496 e. The Balaban J connectivity index is 1.71. The normalized spacial score (nSPS) is 14.1. The first-order valence-corrected chi connectivity index (χ1v) is 10.8. The number of anilines is 3. The van der Waals surface area contributed by atoms with E-state index in [0.717, 1.165) is 31.4 Å². The molecular weight excluding hydrogens is 447 g/mol. The molecular formula is C24H24F3N5O2. The molecule has 2 heterocycles. The number of benzene rings is 2. The molecule has 2 aromatic carbocycles. The Morgan fingerprint density at radius 1 is 1.03 bits per heavy atom. The Bertz CT molecular complexity index is 1180. The number of nitrogens with zero attached hydrogens (tertiary/aromatic N) is 3. The monoisotopic (exact) mass is 471 g/mol. The van der Waals surface area contributed by atoms with Crippen LogP contribution in [0.1, 0.15) is 35.2 Å². The van der Waals surface area contributed by atoms with Gasteiger partial charge >= 0.3 is 6.18 Å². The van der Waals surface area contributed by atoms with E-state index in [1.54, 1.807) is 18.2 Å². The largest absolute Gasteiger partial charge is 0.496 e. The van der Waals surface area contributed by atoms with Crippen molar-refractivity contribution < 1.29 is 22.7 Å². The van der Waals surface area contributed by atoms with Crippen LogP contribution in [0.3, 0.4) is 0 Å². The summed E-state index contributed by atoms with van der Waals surface area (Å²) in [5.41, 5.74) is 6.79. The van der Waals surface area contributed by atoms with Crippen molar-refractivity contribution in [2.75, 3.05) is 36.1 Å². The maximum Gasteiger partial charge on any atom is 0.416 e. The summed E-state index contributed by atoms with van der Waals surface area (Å²) >= 11 is 0. The number of aromatic nitrogens is 2. The van der Waals surface area contributed by atoms with Crippen molar-refractivity contribution in [2.45, 2.75) is 25.4 Å². The maximum atomic E-state index is 13.4. The van der Waals surface area contributed by atoms with E-state index >= 15 is 0 Å². The van der Waals surface area contributed by atoms with E-state index in [1.807, 2.05) is 4.90 Å². The highest BCUT2D eigenvalue weighted by Crippen LogP contribution is 2.37. The number of methoxy groups -OCH3 is 1. The third-order valence-corrected chi connectivity index (χ3v) is 5.72. The third-order valence-electron chi connectivity index (χ3n) is 5.72. The van der Waals surface area contributed by atoms with Gasteiger partial charge in [-0.15, -0.1) is 0 Å². The number of hydrogen-bond donors (Lipinski definition) is 2. The molecule has 0 unspecified atom stereocenters. The number of nitrogens with one attached hydrogen (secondary N) is 1. The number of amides is 1. The van der Waals surface area contributed by atoms with Crippen LogP contribution in [-0.2, 0) is 6.18 Å². The van der Waals surface area contributed by atoms with Gasteiger partial charge in [0.15, 0.2) is 0 Å².